The van der Waals surface area contributed by atoms with Gasteiger partial charge in [0.05, 0.1) is 0 Å². The maximum Gasteiger partial charge on any atom is 0.261 e. The molecular weight excluding hydrogens is 313 g/mol. The molecular formula is C18H18FNO2S. The molecule has 3 nitrogen and oxygen atoms in total. The first-order valence-corrected chi connectivity index (χ1v) is 8.73. The summed E-state index contributed by atoms with van der Waals surface area (Å²) in [4.78, 5) is 12.1. The summed E-state index contributed by atoms with van der Waals surface area (Å²) in [6.45, 7) is 0.550. The van der Waals surface area contributed by atoms with Crippen LogP contribution in [0.2, 0.25) is 0 Å². The maximum atomic E-state index is 13.5. The number of carbonyl (C=O) groups excluding carboxylic acids is 1. The van der Waals surface area contributed by atoms with Crippen molar-refractivity contribution in [1.82, 2.24) is 5.32 Å². The number of ether oxygens (including phenoxy) is 1. The number of benzene rings is 2. The minimum Gasteiger partial charge on any atom is -0.480 e. The summed E-state index contributed by atoms with van der Waals surface area (Å²) in [6.07, 6.45) is 0.175. The third-order valence-electron chi connectivity index (χ3n) is 3.70. The number of rotatable bonds is 6. The lowest BCUT2D eigenvalue weighted by atomic mass is 10.1. The first-order valence-electron chi connectivity index (χ1n) is 7.57. The van der Waals surface area contributed by atoms with Crippen LogP contribution in [0.5, 0.6) is 5.75 Å². The van der Waals surface area contributed by atoms with Crippen molar-refractivity contribution in [1.29, 1.82) is 0 Å². The average molecular weight is 331 g/mol. The smallest absolute Gasteiger partial charge is 0.261 e. The minimum absolute atomic E-state index is 0.0901. The van der Waals surface area contributed by atoms with Crippen LogP contribution in [-0.2, 0) is 17.0 Å². The van der Waals surface area contributed by atoms with Crippen LogP contribution in [0.4, 0.5) is 4.39 Å². The van der Waals surface area contributed by atoms with Gasteiger partial charge in [0.15, 0.2) is 6.10 Å². The Morgan fingerprint density at radius 3 is 2.83 bits per heavy atom. The highest BCUT2D eigenvalue weighted by Crippen LogP contribution is 2.28. The second kappa shape index (κ2) is 7.51. The zero-order valence-electron chi connectivity index (χ0n) is 12.6. The van der Waals surface area contributed by atoms with Crippen molar-refractivity contribution in [3.05, 3.63) is 65.5 Å². The second-order valence-corrected chi connectivity index (χ2v) is 6.46. The summed E-state index contributed by atoms with van der Waals surface area (Å²) < 4.78 is 19.1. The molecule has 120 valence electrons. The van der Waals surface area contributed by atoms with Crippen molar-refractivity contribution in [2.24, 2.45) is 0 Å². The number of carbonyl (C=O) groups is 1. The standard InChI is InChI=1S/C18H18FNO2S/c19-15-7-3-1-6-14(15)12-23-10-9-20-18(21)17-11-13-5-2-4-8-16(13)22-17/h1-8,17H,9-12H2,(H,20,21). The number of halogens is 1. The van der Waals surface area contributed by atoms with E-state index in [1.165, 1.54) is 6.07 Å². The normalized spacial score (nSPS) is 15.8. The van der Waals surface area contributed by atoms with E-state index in [1.54, 1.807) is 23.9 Å². The number of nitrogens with one attached hydrogen (secondary N) is 1. The fraction of sp³-hybridized carbons (Fsp3) is 0.278. The zero-order chi connectivity index (χ0) is 16.1. The molecule has 0 aromatic heterocycles. The molecule has 0 spiro atoms. The van der Waals surface area contributed by atoms with Crippen LogP contribution in [-0.4, -0.2) is 24.3 Å². The molecule has 0 fully saturated rings. The molecule has 1 aliphatic rings. The molecule has 3 rings (SSSR count). The van der Waals surface area contributed by atoms with Gasteiger partial charge in [-0.3, -0.25) is 4.79 Å². The summed E-state index contributed by atoms with van der Waals surface area (Å²) in [5.41, 5.74) is 1.76. The van der Waals surface area contributed by atoms with E-state index in [1.807, 2.05) is 30.3 Å². The first-order chi connectivity index (χ1) is 11.2. The van der Waals surface area contributed by atoms with Gasteiger partial charge in [0.2, 0.25) is 0 Å². The molecule has 1 unspecified atom stereocenters. The number of hydrogen-bond donors (Lipinski definition) is 1. The summed E-state index contributed by atoms with van der Waals surface area (Å²) in [6, 6.07) is 14.5. The Labute approximate surface area is 139 Å². The molecule has 5 heteroatoms. The fourth-order valence-corrected chi connectivity index (χ4v) is 3.33. The van der Waals surface area contributed by atoms with Crippen LogP contribution in [0.15, 0.2) is 48.5 Å². The number of hydrogen-bond acceptors (Lipinski definition) is 3. The van der Waals surface area contributed by atoms with E-state index >= 15 is 0 Å². The van der Waals surface area contributed by atoms with Gasteiger partial charge in [0, 0.05) is 24.5 Å². The molecule has 0 radical (unpaired) electrons. The van der Waals surface area contributed by atoms with Gasteiger partial charge >= 0.3 is 0 Å². The number of thioether (sulfide) groups is 1. The molecule has 1 heterocycles. The van der Waals surface area contributed by atoms with Crippen LogP contribution >= 0.6 is 11.8 Å². The van der Waals surface area contributed by atoms with Gasteiger partial charge in [-0.15, -0.1) is 0 Å². The lowest BCUT2D eigenvalue weighted by molar-refractivity contribution is -0.127. The molecule has 0 saturated heterocycles. The van der Waals surface area contributed by atoms with E-state index in [9.17, 15) is 9.18 Å². The van der Waals surface area contributed by atoms with E-state index < -0.39 is 6.10 Å². The Morgan fingerprint density at radius 2 is 2.00 bits per heavy atom. The van der Waals surface area contributed by atoms with Crippen molar-refractivity contribution in [2.45, 2.75) is 18.3 Å². The largest absolute Gasteiger partial charge is 0.480 e. The van der Waals surface area contributed by atoms with Gasteiger partial charge in [-0.25, -0.2) is 4.39 Å². The van der Waals surface area contributed by atoms with Crippen LogP contribution in [0.1, 0.15) is 11.1 Å². The quantitative estimate of drug-likeness (QED) is 0.826. The predicted octanol–water partition coefficient (Wildman–Crippen LogP) is 3.18. The maximum absolute atomic E-state index is 13.5. The first kappa shape index (κ1) is 15.9. The van der Waals surface area contributed by atoms with E-state index in [0.717, 1.165) is 17.1 Å². The van der Waals surface area contributed by atoms with Gasteiger partial charge in [0.1, 0.15) is 11.6 Å². The summed E-state index contributed by atoms with van der Waals surface area (Å²) >= 11 is 1.60. The van der Waals surface area contributed by atoms with Gasteiger partial charge in [0.25, 0.3) is 5.91 Å². The lowest BCUT2D eigenvalue weighted by Gasteiger charge is -2.11. The Bertz CT molecular complexity index is 667. The molecule has 23 heavy (non-hydrogen) atoms. The zero-order valence-corrected chi connectivity index (χ0v) is 13.4. The fourth-order valence-electron chi connectivity index (χ4n) is 2.49. The van der Waals surface area contributed by atoms with E-state index in [0.29, 0.717) is 24.3 Å². The lowest BCUT2D eigenvalue weighted by Crippen LogP contribution is -2.38. The van der Waals surface area contributed by atoms with Crippen molar-refractivity contribution in [2.75, 3.05) is 12.3 Å². The number of fused-ring (bicyclic) bond motifs is 1. The van der Waals surface area contributed by atoms with Crippen LogP contribution < -0.4 is 10.1 Å². The van der Waals surface area contributed by atoms with Crippen LogP contribution in [0.25, 0.3) is 0 Å². The molecule has 0 aliphatic carbocycles. The van der Waals surface area contributed by atoms with E-state index in [-0.39, 0.29) is 11.7 Å². The predicted molar refractivity (Wildman–Crippen MR) is 90.1 cm³/mol. The third kappa shape index (κ3) is 4.05. The van der Waals surface area contributed by atoms with Gasteiger partial charge in [-0.1, -0.05) is 36.4 Å². The molecule has 0 bridgehead atoms. The monoisotopic (exact) mass is 331 g/mol. The Hall–Kier alpha value is -2.01. The molecule has 1 atom stereocenters. The highest BCUT2D eigenvalue weighted by molar-refractivity contribution is 7.98. The van der Waals surface area contributed by atoms with Gasteiger partial charge < -0.3 is 10.1 Å². The van der Waals surface area contributed by atoms with Crippen molar-refractivity contribution in [3.63, 3.8) is 0 Å². The van der Waals surface area contributed by atoms with Crippen molar-refractivity contribution >= 4 is 17.7 Å². The summed E-state index contributed by atoms with van der Waals surface area (Å²) in [7, 11) is 0. The minimum atomic E-state index is -0.441. The van der Waals surface area contributed by atoms with Crippen molar-refractivity contribution < 1.29 is 13.9 Å². The number of para-hydroxylation sites is 1. The molecule has 0 saturated carbocycles. The summed E-state index contributed by atoms with van der Waals surface area (Å²) in [5.74, 6) is 1.86. The van der Waals surface area contributed by atoms with Crippen LogP contribution in [0.3, 0.4) is 0 Å². The second-order valence-electron chi connectivity index (χ2n) is 5.35. The van der Waals surface area contributed by atoms with E-state index in [4.69, 9.17) is 4.74 Å². The van der Waals surface area contributed by atoms with Gasteiger partial charge in [-0.05, 0) is 23.3 Å². The number of amides is 1. The van der Waals surface area contributed by atoms with Gasteiger partial charge in [-0.2, -0.15) is 11.8 Å². The topological polar surface area (TPSA) is 38.3 Å². The molecule has 2 aromatic carbocycles. The van der Waals surface area contributed by atoms with Crippen LogP contribution in [0, 0.1) is 5.82 Å². The third-order valence-corrected chi connectivity index (χ3v) is 4.71. The molecule has 1 N–H and O–H groups in total. The molecule has 2 aromatic rings. The highest BCUT2D eigenvalue weighted by atomic mass is 32.2. The Morgan fingerprint density at radius 1 is 1.22 bits per heavy atom. The van der Waals surface area contributed by atoms with Crippen molar-refractivity contribution in [3.8, 4) is 5.75 Å². The van der Waals surface area contributed by atoms with E-state index in [2.05, 4.69) is 5.32 Å². The highest BCUT2D eigenvalue weighted by Gasteiger charge is 2.28. The molecule has 1 aliphatic heterocycles. The molecule has 1 amide bonds. The average Bonchev–Trinajstić information content (AvgIpc) is 3.00. The Kier molecular flexibility index (Phi) is 5.18. The Balaban J connectivity index is 1.37. The summed E-state index contributed by atoms with van der Waals surface area (Å²) in [5, 5.41) is 2.88. The SMILES string of the molecule is O=C(NCCSCc1ccccc1F)C1Cc2ccccc2O1.